The molecule has 0 rings (SSSR count). The normalized spacial score (nSPS) is 12.0. The Kier molecular flexibility index (Phi) is 2.99. The first-order valence-electron chi connectivity index (χ1n) is 2.20. The van der Waals surface area contributed by atoms with Crippen LogP contribution < -0.4 is 0 Å². The van der Waals surface area contributed by atoms with Crippen molar-refractivity contribution in [3.05, 3.63) is 0 Å². The molecular weight excluding hydrogens is 169 g/mol. The van der Waals surface area contributed by atoms with Crippen molar-refractivity contribution in [2.24, 2.45) is 4.56 Å². The third-order valence-corrected chi connectivity index (χ3v) is 1.92. The first-order valence-corrected chi connectivity index (χ1v) is 6.56. The molecule has 0 fully saturated rings. The zero-order valence-electron chi connectivity index (χ0n) is 4.90. The molecule has 0 spiro atoms. The number of nitrogens with zero attached hydrogens (tertiary/aromatic N) is 1. The Morgan fingerprint density at radius 2 is 1.86 bits per heavy atom. The fourth-order valence-electron chi connectivity index (χ4n) is 0.146. The second-order valence-electron chi connectivity index (χ2n) is 2.40. The molecule has 1 nitrogen and oxygen atoms in total. The molecule has 0 radical (unpaired) electrons. The van der Waals surface area contributed by atoms with Crippen LogP contribution in [0.2, 0.25) is 19.6 Å². The van der Waals surface area contributed by atoms with E-state index < -0.39 is 8.24 Å². The van der Waals surface area contributed by atoms with Crippen molar-refractivity contribution in [3.63, 3.8) is 0 Å². The van der Waals surface area contributed by atoms with Crippen molar-refractivity contribution in [2.75, 3.05) is 0 Å². The number of hydrogen-bond acceptors (Lipinski definition) is 1. The van der Waals surface area contributed by atoms with Crippen LogP contribution >= 0.6 is 15.8 Å². The topological polar surface area (TPSA) is 12.4 Å². The van der Waals surface area contributed by atoms with E-state index in [2.05, 4.69) is 40.0 Å². The van der Waals surface area contributed by atoms with E-state index in [1.54, 1.807) is 5.90 Å². The van der Waals surface area contributed by atoms with Crippen molar-refractivity contribution in [1.82, 2.24) is 0 Å². The van der Waals surface area contributed by atoms with Gasteiger partial charge >= 0.3 is 54.1 Å². The molecule has 4 heteroatoms. The monoisotopic (exact) mass is 177 g/mol. The molecule has 0 aliphatic rings. The number of halogens is 1. The van der Waals surface area contributed by atoms with Gasteiger partial charge in [-0.1, -0.05) is 0 Å². The molecule has 0 unspecified atom stereocenters. The average molecular weight is 178 g/mol. The molecule has 7 heavy (non-hydrogen) atoms. The Labute approximate surface area is 54.5 Å². The van der Waals surface area contributed by atoms with Gasteiger partial charge < -0.3 is 0 Å². The fraction of sp³-hybridized carbons (Fsp3) is 1.00. The van der Waals surface area contributed by atoms with E-state index in [-0.39, 0.29) is 0 Å². The van der Waals surface area contributed by atoms with E-state index in [1.165, 1.54) is 0 Å². The van der Waals surface area contributed by atoms with Gasteiger partial charge in [-0.15, -0.1) is 0 Å². The summed E-state index contributed by atoms with van der Waals surface area (Å²) in [6, 6.07) is 0. The summed E-state index contributed by atoms with van der Waals surface area (Å²) in [4.78, 5) is 0. The third kappa shape index (κ3) is 6.56. The van der Waals surface area contributed by atoms with Gasteiger partial charge in [0, 0.05) is 0 Å². The van der Waals surface area contributed by atoms with Crippen LogP contribution in [0.15, 0.2) is 4.56 Å². The summed E-state index contributed by atoms with van der Waals surface area (Å²) in [5.74, 6) is 1.71. The molecule has 0 amide bonds. The molecule has 0 atom stereocenters. The van der Waals surface area contributed by atoms with Crippen LogP contribution in [0.4, 0.5) is 0 Å². The van der Waals surface area contributed by atoms with Crippen LogP contribution in [0.3, 0.4) is 0 Å². The quantitative estimate of drug-likeness (QED) is 0.544. The molecule has 0 aromatic heterocycles. The van der Waals surface area contributed by atoms with E-state index >= 15 is 0 Å². The van der Waals surface area contributed by atoms with Gasteiger partial charge in [-0.3, -0.25) is 0 Å². The van der Waals surface area contributed by atoms with E-state index in [0.29, 0.717) is 0 Å². The van der Waals surface area contributed by atoms with E-state index in [9.17, 15) is 0 Å². The summed E-state index contributed by atoms with van der Waals surface area (Å²) in [6.45, 7) is 6.56. The second kappa shape index (κ2) is 2.77. The van der Waals surface area contributed by atoms with Gasteiger partial charge in [-0.05, 0) is 0 Å². The molecule has 0 bridgehead atoms. The predicted octanol–water partition coefficient (Wildman–Crippen LogP) is 2.02. The van der Waals surface area contributed by atoms with Crippen LogP contribution in [0, 0.1) is 0 Å². The number of hydrogen-bond donors (Lipinski definition) is 0. The van der Waals surface area contributed by atoms with Gasteiger partial charge in [0.25, 0.3) is 0 Å². The molecule has 0 aromatic carbocycles. The number of rotatable bonds is 1. The first kappa shape index (κ1) is 7.56. The van der Waals surface area contributed by atoms with Crippen molar-refractivity contribution in [2.45, 2.75) is 19.6 Å². The van der Waals surface area contributed by atoms with Gasteiger partial charge in [0.05, 0.1) is 0 Å². The van der Waals surface area contributed by atoms with Crippen molar-refractivity contribution in [3.8, 4) is 0 Å². The Hall–Kier alpha value is 0.562. The Morgan fingerprint density at radius 3 is 1.86 bits per heavy atom. The van der Waals surface area contributed by atoms with Crippen molar-refractivity contribution in [1.29, 1.82) is 0 Å². The Balaban J connectivity index is 3.56. The third-order valence-electron chi connectivity index (χ3n) is 0.436. The summed E-state index contributed by atoms with van der Waals surface area (Å²) in [5, 5.41) is 0. The Morgan fingerprint density at radius 1 is 1.43 bits per heavy atom. The molecule has 0 heterocycles. The van der Waals surface area contributed by atoms with Crippen LogP contribution in [0.1, 0.15) is 0 Å². The predicted molar refractivity (Wildman–Crippen MR) is 40.5 cm³/mol. The van der Waals surface area contributed by atoms with Gasteiger partial charge in [0.15, 0.2) is 0 Å². The van der Waals surface area contributed by atoms with Crippen molar-refractivity contribution >= 4 is 29.9 Å². The van der Waals surface area contributed by atoms with Gasteiger partial charge in [0.1, 0.15) is 0 Å². The SMILES string of the molecule is C[Si](C)(C)N=BBr. The van der Waals surface area contributed by atoms with Crippen LogP contribution in [-0.2, 0) is 0 Å². The summed E-state index contributed by atoms with van der Waals surface area (Å²) in [7, 11) is -1.13. The summed E-state index contributed by atoms with van der Waals surface area (Å²) in [5.41, 5.74) is 0. The van der Waals surface area contributed by atoms with E-state index in [4.69, 9.17) is 0 Å². The van der Waals surface area contributed by atoms with Crippen LogP contribution in [0.25, 0.3) is 0 Å². The van der Waals surface area contributed by atoms with Crippen LogP contribution in [0.5, 0.6) is 0 Å². The maximum atomic E-state index is 4.19. The minimum atomic E-state index is -1.13. The summed E-state index contributed by atoms with van der Waals surface area (Å²) in [6.07, 6.45) is 0. The molecule has 0 aromatic rings. The summed E-state index contributed by atoms with van der Waals surface area (Å²) >= 11 is 3.13. The van der Waals surface area contributed by atoms with Gasteiger partial charge in [-0.25, -0.2) is 0 Å². The van der Waals surface area contributed by atoms with Gasteiger partial charge in [-0.2, -0.15) is 0 Å². The molecule has 0 aliphatic heterocycles. The molecule has 0 saturated heterocycles. The second-order valence-corrected chi connectivity index (χ2v) is 7.41. The van der Waals surface area contributed by atoms with Gasteiger partial charge in [0.2, 0.25) is 0 Å². The molecule has 0 saturated carbocycles. The van der Waals surface area contributed by atoms with E-state index in [0.717, 1.165) is 0 Å². The average Bonchev–Trinajstić information content (AvgIpc) is 1.30. The standard InChI is InChI=1S/C3H9BBrNSi/c1-7(2,3)6-4-5/h1-3H3. The molecule has 0 N–H and O–H groups in total. The maximum absolute atomic E-state index is 4.19. The van der Waals surface area contributed by atoms with Crippen molar-refractivity contribution < 1.29 is 0 Å². The first-order chi connectivity index (χ1) is 3.06. The summed E-state index contributed by atoms with van der Waals surface area (Å²) < 4.78 is 4.19. The molecule has 40 valence electrons. The van der Waals surface area contributed by atoms with Crippen LogP contribution in [-0.4, -0.2) is 14.1 Å². The van der Waals surface area contributed by atoms with E-state index in [1.807, 2.05) is 0 Å². The minimum absolute atomic E-state index is 1.13. The molecule has 0 aliphatic carbocycles. The molecular formula is C3H9BBrNSi. The fourth-order valence-corrected chi connectivity index (χ4v) is 2.28. The zero-order chi connectivity index (χ0) is 5.91. The Bertz CT molecular complexity index is 77.5. The zero-order valence-corrected chi connectivity index (χ0v) is 7.49.